The molecule has 1 aromatic rings. The van der Waals surface area contributed by atoms with Crippen molar-refractivity contribution in [3.8, 4) is 5.75 Å². The third kappa shape index (κ3) is 2.94. The first-order valence-corrected chi connectivity index (χ1v) is 9.64. The summed E-state index contributed by atoms with van der Waals surface area (Å²) in [7, 11) is 1.78. The molecule has 142 valence electrons. The Kier molecular flexibility index (Phi) is 4.78. The van der Waals surface area contributed by atoms with Crippen LogP contribution in [0.3, 0.4) is 0 Å². The first kappa shape index (κ1) is 17.6. The molecule has 0 amide bonds. The maximum absolute atomic E-state index is 13.7. The van der Waals surface area contributed by atoms with Gasteiger partial charge in [-0.3, -0.25) is 4.99 Å². The average molecular weight is 361 g/mol. The van der Waals surface area contributed by atoms with Gasteiger partial charge in [-0.2, -0.15) is 0 Å². The number of para-hydroxylation sites is 1. The van der Waals surface area contributed by atoms with Crippen molar-refractivity contribution in [2.45, 2.75) is 50.9 Å². The minimum atomic E-state index is -0.337. The van der Waals surface area contributed by atoms with Gasteiger partial charge in [0.1, 0.15) is 6.10 Å². The van der Waals surface area contributed by atoms with E-state index in [1.807, 2.05) is 6.92 Å². The van der Waals surface area contributed by atoms with E-state index in [0.29, 0.717) is 30.0 Å². The minimum absolute atomic E-state index is 0.174. The van der Waals surface area contributed by atoms with Crippen LogP contribution >= 0.6 is 0 Å². The van der Waals surface area contributed by atoms with Crippen LogP contribution in [0.4, 0.5) is 4.39 Å². The van der Waals surface area contributed by atoms with Crippen LogP contribution in [-0.2, 0) is 4.74 Å². The summed E-state index contributed by atoms with van der Waals surface area (Å²) >= 11 is 0. The third-order valence-electron chi connectivity index (χ3n) is 6.27. The second-order valence-corrected chi connectivity index (χ2v) is 7.76. The number of nitrogens with zero attached hydrogens (tertiary/aromatic N) is 1. The highest BCUT2D eigenvalue weighted by Gasteiger charge is 2.66. The van der Waals surface area contributed by atoms with Crippen LogP contribution in [0.5, 0.6) is 5.75 Å². The smallest absolute Gasteiger partial charge is 0.191 e. The Hall–Kier alpha value is -1.82. The summed E-state index contributed by atoms with van der Waals surface area (Å²) in [5.74, 6) is 1.33. The lowest BCUT2D eigenvalue weighted by molar-refractivity contribution is -0.171. The highest BCUT2D eigenvalue weighted by atomic mass is 19.1. The summed E-state index contributed by atoms with van der Waals surface area (Å²) in [4.78, 5) is 4.37. The largest absolute Gasteiger partial charge is 0.486 e. The van der Waals surface area contributed by atoms with Gasteiger partial charge in [-0.05, 0) is 38.3 Å². The van der Waals surface area contributed by atoms with Crippen LogP contribution in [0.1, 0.15) is 32.6 Å². The van der Waals surface area contributed by atoms with Gasteiger partial charge < -0.3 is 20.1 Å². The highest BCUT2D eigenvalue weighted by Crippen LogP contribution is 2.62. The molecule has 0 aromatic heterocycles. The van der Waals surface area contributed by atoms with Gasteiger partial charge in [0.25, 0.3) is 0 Å². The molecule has 2 N–H and O–H groups in total. The normalized spacial score (nSPS) is 30.1. The van der Waals surface area contributed by atoms with Gasteiger partial charge in [0.2, 0.25) is 0 Å². The Labute approximate surface area is 154 Å². The number of nitrogens with one attached hydrogen (secondary N) is 2. The average Bonchev–Trinajstić information content (AvgIpc) is 3.01. The van der Waals surface area contributed by atoms with Gasteiger partial charge in [-0.25, -0.2) is 4.39 Å². The summed E-state index contributed by atoms with van der Waals surface area (Å²) in [6, 6.07) is 6.93. The number of guanidine groups is 1. The Balaban J connectivity index is 1.30. The number of benzene rings is 1. The molecule has 3 aliphatic rings. The molecule has 1 heterocycles. The van der Waals surface area contributed by atoms with Crippen molar-refractivity contribution in [3.63, 3.8) is 0 Å². The molecule has 6 heteroatoms. The quantitative estimate of drug-likeness (QED) is 0.625. The Bertz CT molecular complexity index is 677. The summed E-state index contributed by atoms with van der Waals surface area (Å²) in [5, 5.41) is 6.95. The summed E-state index contributed by atoms with van der Waals surface area (Å²) in [6.07, 6.45) is 5.19. The predicted octanol–water partition coefficient (Wildman–Crippen LogP) is 2.72. The number of hydrogen-bond acceptors (Lipinski definition) is 3. The maximum atomic E-state index is 13.7. The zero-order chi connectivity index (χ0) is 18.1. The molecule has 26 heavy (non-hydrogen) atoms. The van der Waals surface area contributed by atoms with Gasteiger partial charge in [-0.1, -0.05) is 18.6 Å². The molecule has 1 saturated heterocycles. The Morgan fingerprint density at radius 1 is 1.42 bits per heavy atom. The van der Waals surface area contributed by atoms with Crippen molar-refractivity contribution in [1.29, 1.82) is 0 Å². The number of halogens is 1. The molecule has 5 nitrogen and oxygen atoms in total. The van der Waals surface area contributed by atoms with Gasteiger partial charge in [0.15, 0.2) is 17.5 Å². The van der Waals surface area contributed by atoms with E-state index in [1.165, 1.54) is 25.3 Å². The lowest BCUT2D eigenvalue weighted by atomic mass is 9.46. The molecular formula is C20H28FN3O2. The van der Waals surface area contributed by atoms with Gasteiger partial charge in [0, 0.05) is 31.0 Å². The fourth-order valence-electron chi connectivity index (χ4n) is 4.84. The van der Waals surface area contributed by atoms with E-state index in [-0.39, 0.29) is 17.7 Å². The van der Waals surface area contributed by atoms with Gasteiger partial charge >= 0.3 is 0 Å². The molecule has 0 radical (unpaired) electrons. The van der Waals surface area contributed by atoms with Gasteiger partial charge in [0.05, 0.1) is 12.6 Å². The van der Waals surface area contributed by atoms with Gasteiger partial charge in [-0.15, -0.1) is 0 Å². The predicted molar refractivity (Wildman–Crippen MR) is 98.9 cm³/mol. The number of aliphatic imine (C=N–C) groups is 1. The van der Waals surface area contributed by atoms with E-state index in [4.69, 9.17) is 9.47 Å². The number of ether oxygens (including phenoxy) is 2. The van der Waals surface area contributed by atoms with E-state index >= 15 is 0 Å². The van der Waals surface area contributed by atoms with Crippen molar-refractivity contribution in [3.05, 3.63) is 30.1 Å². The van der Waals surface area contributed by atoms with Crippen LogP contribution in [-0.4, -0.2) is 44.4 Å². The van der Waals surface area contributed by atoms with Crippen molar-refractivity contribution in [2.24, 2.45) is 16.3 Å². The van der Waals surface area contributed by atoms with E-state index in [0.717, 1.165) is 19.0 Å². The van der Waals surface area contributed by atoms with Crippen molar-refractivity contribution in [2.75, 3.05) is 20.2 Å². The Morgan fingerprint density at radius 2 is 2.23 bits per heavy atom. The second kappa shape index (κ2) is 7.06. The Morgan fingerprint density at radius 3 is 2.92 bits per heavy atom. The maximum Gasteiger partial charge on any atom is 0.191 e. The van der Waals surface area contributed by atoms with E-state index in [1.54, 1.807) is 25.2 Å². The number of rotatable bonds is 5. The molecule has 3 fully saturated rings. The molecule has 0 bridgehead atoms. The lowest BCUT2D eigenvalue weighted by Gasteiger charge is -2.63. The zero-order valence-electron chi connectivity index (χ0n) is 15.5. The summed E-state index contributed by atoms with van der Waals surface area (Å²) in [6.45, 7) is 3.36. The standard InChI is InChI=1S/C20H28FN3O2/c1-13(26-16-7-4-3-6-15(16)21)12-23-19(22-2)24-17-14-8-11-25-18(14)20(17)9-5-10-20/h3-4,6-7,13-14,17-18H,5,8-12H2,1-2H3,(H2,22,23,24). The number of fused-ring (bicyclic) bond motifs is 2. The van der Waals surface area contributed by atoms with Crippen LogP contribution < -0.4 is 15.4 Å². The first-order chi connectivity index (χ1) is 12.6. The molecular weight excluding hydrogens is 333 g/mol. The third-order valence-corrected chi connectivity index (χ3v) is 6.27. The fourth-order valence-corrected chi connectivity index (χ4v) is 4.84. The molecule has 4 rings (SSSR count). The lowest BCUT2D eigenvalue weighted by Crippen LogP contribution is -2.72. The van der Waals surface area contributed by atoms with Crippen LogP contribution in [0.25, 0.3) is 0 Å². The summed E-state index contributed by atoms with van der Waals surface area (Å²) < 4.78 is 25.4. The van der Waals surface area contributed by atoms with Crippen LogP contribution in [0, 0.1) is 17.2 Å². The second-order valence-electron chi connectivity index (χ2n) is 7.76. The van der Waals surface area contributed by atoms with E-state index in [9.17, 15) is 4.39 Å². The summed E-state index contributed by atoms with van der Waals surface area (Å²) in [5.41, 5.74) is 0.314. The molecule has 4 unspecified atom stereocenters. The van der Waals surface area contributed by atoms with Crippen LogP contribution in [0.15, 0.2) is 29.3 Å². The molecule has 1 aliphatic heterocycles. The van der Waals surface area contributed by atoms with Crippen molar-refractivity contribution < 1.29 is 13.9 Å². The first-order valence-electron chi connectivity index (χ1n) is 9.64. The molecule has 1 spiro atoms. The molecule has 2 aliphatic carbocycles. The monoisotopic (exact) mass is 361 g/mol. The van der Waals surface area contributed by atoms with Crippen LogP contribution in [0.2, 0.25) is 0 Å². The highest BCUT2D eigenvalue weighted by molar-refractivity contribution is 5.80. The fraction of sp³-hybridized carbons (Fsp3) is 0.650. The topological polar surface area (TPSA) is 54.9 Å². The molecule has 2 saturated carbocycles. The van der Waals surface area contributed by atoms with E-state index in [2.05, 4.69) is 15.6 Å². The number of hydrogen-bond donors (Lipinski definition) is 2. The van der Waals surface area contributed by atoms with E-state index < -0.39 is 0 Å². The molecule has 4 atom stereocenters. The zero-order valence-corrected chi connectivity index (χ0v) is 15.5. The van der Waals surface area contributed by atoms with Crippen molar-refractivity contribution >= 4 is 5.96 Å². The minimum Gasteiger partial charge on any atom is -0.486 e. The molecule has 1 aromatic carbocycles. The van der Waals surface area contributed by atoms with Crippen molar-refractivity contribution in [1.82, 2.24) is 10.6 Å². The SMILES string of the molecule is CN=C(NCC(C)Oc1ccccc1F)NC1C2CCOC2C12CCC2.